The molecule has 2 nitrogen and oxygen atoms in total. The van der Waals surface area contributed by atoms with Crippen LogP contribution in [-0.2, 0) is 4.57 Å². The Kier molecular flexibility index (Phi) is 5.27. The largest absolute Gasteiger partial charge is 0.310 e. The zero-order valence-electron chi connectivity index (χ0n) is 11.6. The van der Waals surface area contributed by atoms with Crippen molar-refractivity contribution >= 4 is 41.2 Å². The second kappa shape index (κ2) is 6.79. The van der Waals surface area contributed by atoms with E-state index in [1.165, 1.54) is 0 Å². The number of benzene rings is 2. The van der Waals surface area contributed by atoms with Gasteiger partial charge in [0, 0.05) is 11.5 Å². The third kappa shape index (κ3) is 3.23. The molecule has 2 aromatic rings. The summed E-state index contributed by atoms with van der Waals surface area (Å²) in [7, 11) is -3.25. The van der Waals surface area contributed by atoms with Crippen LogP contribution in [0.2, 0.25) is 10.0 Å². The minimum Gasteiger partial charge on any atom is -0.310 e. The van der Waals surface area contributed by atoms with E-state index < -0.39 is 12.7 Å². The average Bonchev–Trinajstić information content (AvgIpc) is 2.48. The minimum atomic E-state index is -3.25. The first kappa shape index (κ1) is 16.3. The van der Waals surface area contributed by atoms with Gasteiger partial charge in [0.05, 0.1) is 15.6 Å². The first-order valence-electron chi connectivity index (χ1n) is 6.64. The molecule has 0 heterocycles. The Morgan fingerprint density at radius 3 is 2.10 bits per heavy atom. The maximum Gasteiger partial charge on any atom is 0.228 e. The maximum atomic E-state index is 13.4. The summed E-state index contributed by atoms with van der Waals surface area (Å²) in [4.78, 5) is 12.9. The summed E-state index contributed by atoms with van der Waals surface area (Å²) in [5, 5.41) is 1.02. The van der Waals surface area contributed by atoms with Gasteiger partial charge in [-0.2, -0.15) is 0 Å². The second-order valence-corrected chi connectivity index (χ2v) is 8.36. The van der Waals surface area contributed by atoms with E-state index in [-0.39, 0.29) is 15.6 Å². The van der Waals surface area contributed by atoms with E-state index in [4.69, 9.17) is 23.2 Å². The van der Waals surface area contributed by atoms with Crippen LogP contribution in [0.5, 0.6) is 0 Å². The van der Waals surface area contributed by atoms with Crippen molar-refractivity contribution in [2.75, 3.05) is 6.16 Å². The van der Waals surface area contributed by atoms with E-state index >= 15 is 0 Å². The Labute approximate surface area is 134 Å². The molecule has 0 aliphatic carbocycles. The van der Waals surface area contributed by atoms with Gasteiger partial charge in [0.25, 0.3) is 0 Å². The number of halogens is 2. The molecule has 0 bridgehead atoms. The van der Waals surface area contributed by atoms with Gasteiger partial charge in [0.1, 0.15) is 0 Å². The summed E-state index contributed by atoms with van der Waals surface area (Å²) in [6.45, 7) is 1.90. The van der Waals surface area contributed by atoms with Crippen LogP contribution >= 0.6 is 30.3 Å². The van der Waals surface area contributed by atoms with Crippen LogP contribution in [-0.4, -0.2) is 11.7 Å². The monoisotopic (exact) mass is 340 g/mol. The summed E-state index contributed by atoms with van der Waals surface area (Å²) in [5.74, 6) is 0. The first-order valence-corrected chi connectivity index (χ1v) is 9.29. The summed E-state index contributed by atoms with van der Waals surface area (Å²) >= 11 is 12.2. The highest BCUT2D eigenvalue weighted by Crippen LogP contribution is 2.50. The SMILES string of the molecule is CCCP(=O)(C(=O)c1c(Cl)cccc1Cl)c1ccccc1. The van der Waals surface area contributed by atoms with Gasteiger partial charge in [-0.1, -0.05) is 66.5 Å². The Hall–Kier alpha value is -1.08. The van der Waals surface area contributed by atoms with Crippen LogP contribution in [0.25, 0.3) is 0 Å². The van der Waals surface area contributed by atoms with E-state index in [2.05, 4.69) is 0 Å². The Morgan fingerprint density at radius 2 is 1.57 bits per heavy atom. The quantitative estimate of drug-likeness (QED) is 0.698. The molecule has 0 saturated heterocycles. The van der Waals surface area contributed by atoms with Gasteiger partial charge in [0.2, 0.25) is 5.52 Å². The zero-order valence-corrected chi connectivity index (χ0v) is 14.0. The molecular formula is C16H15Cl2O2P. The molecule has 1 atom stereocenters. The molecule has 0 fully saturated rings. The lowest BCUT2D eigenvalue weighted by molar-refractivity contribution is 0.107. The lowest BCUT2D eigenvalue weighted by Gasteiger charge is -2.18. The van der Waals surface area contributed by atoms with Gasteiger partial charge >= 0.3 is 0 Å². The third-order valence-electron chi connectivity index (χ3n) is 3.22. The first-order chi connectivity index (χ1) is 10.0. The zero-order chi connectivity index (χ0) is 15.5. The van der Waals surface area contributed by atoms with E-state index in [0.717, 1.165) is 0 Å². The van der Waals surface area contributed by atoms with Crippen LogP contribution in [0.3, 0.4) is 0 Å². The highest BCUT2D eigenvalue weighted by atomic mass is 35.5. The molecule has 2 rings (SSSR count). The maximum absolute atomic E-state index is 13.4. The molecule has 2 aromatic carbocycles. The van der Waals surface area contributed by atoms with Gasteiger partial charge in [-0.05, 0) is 18.6 Å². The topological polar surface area (TPSA) is 34.1 Å². The van der Waals surface area contributed by atoms with Crippen molar-refractivity contribution in [2.24, 2.45) is 0 Å². The van der Waals surface area contributed by atoms with Crippen molar-refractivity contribution in [2.45, 2.75) is 13.3 Å². The number of hydrogen-bond donors (Lipinski definition) is 0. The van der Waals surface area contributed by atoms with Crippen molar-refractivity contribution in [3.8, 4) is 0 Å². The second-order valence-electron chi connectivity index (χ2n) is 4.70. The minimum absolute atomic E-state index is 0.154. The molecule has 0 aromatic heterocycles. The molecule has 0 amide bonds. The van der Waals surface area contributed by atoms with Gasteiger partial charge in [-0.15, -0.1) is 0 Å². The molecule has 110 valence electrons. The van der Waals surface area contributed by atoms with Crippen LogP contribution < -0.4 is 5.30 Å². The van der Waals surface area contributed by atoms with Crippen molar-refractivity contribution < 1.29 is 9.36 Å². The Balaban J connectivity index is 2.59. The molecule has 5 heteroatoms. The predicted octanol–water partition coefficient (Wildman–Crippen LogP) is 5.23. The van der Waals surface area contributed by atoms with Crippen LogP contribution in [0.4, 0.5) is 0 Å². The normalized spacial score (nSPS) is 13.7. The lowest BCUT2D eigenvalue weighted by atomic mass is 10.2. The van der Waals surface area contributed by atoms with Gasteiger partial charge in [-0.25, -0.2) is 0 Å². The van der Waals surface area contributed by atoms with Gasteiger partial charge in [-0.3, -0.25) is 4.79 Å². The van der Waals surface area contributed by atoms with Crippen LogP contribution in [0, 0.1) is 0 Å². The summed E-state index contributed by atoms with van der Waals surface area (Å²) in [5.41, 5.74) is -0.312. The number of carbonyl (C=O) groups excluding carboxylic acids is 1. The van der Waals surface area contributed by atoms with Crippen molar-refractivity contribution in [1.82, 2.24) is 0 Å². The number of carbonyl (C=O) groups is 1. The third-order valence-corrected chi connectivity index (χ3v) is 6.94. The van der Waals surface area contributed by atoms with Crippen molar-refractivity contribution in [1.29, 1.82) is 0 Å². The van der Waals surface area contributed by atoms with Crippen LogP contribution in [0.15, 0.2) is 48.5 Å². The molecule has 0 saturated carbocycles. The van der Waals surface area contributed by atoms with E-state index in [9.17, 15) is 9.36 Å². The fourth-order valence-electron chi connectivity index (χ4n) is 2.21. The van der Waals surface area contributed by atoms with Gasteiger partial charge < -0.3 is 4.57 Å². The molecule has 0 N–H and O–H groups in total. The number of hydrogen-bond acceptors (Lipinski definition) is 2. The highest BCUT2D eigenvalue weighted by Gasteiger charge is 2.35. The van der Waals surface area contributed by atoms with Gasteiger partial charge in [0.15, 0.2) is 7.14 Å². The van der Waals surface area contributed by atoms with E-state index in [1.54, 1.807) is 42.5 Å². The van der Waals surface area contributed by atoms with E-state index in [0.29, 0.717) is 17.9 Å². The summed E-state index contributed by atoms with van der Waals surface area (Å²) < 4.78 is 13.4. The molecule has 21 heavy (non-hydrogen) atoms. The average molecular weight is 341 g/mol. The molecular weight excluding hydrogens is 326 g/mol. The van der Waals surface area contributed by atoms with Crippen LogP contribution in [0.1, 0.15) is 23.7 Å². The smallest absolute Gasteiger partial charge is 0.228 e. The predicted molar refractivity (Wildman–Crippen MR) is 89.6 cm³/mol. The van der Waals surface area contributed by atoms with Crippen molar-refractivity contribution in [3.63, 3.8) is 0 Å². The highest BCUT2D eigenvalue weighted by molar-refractivity contribution is 7.87. The fraction of sp³-hybridized carbons (Fsp3) is 0.188. The molecule has 0 aliphatic rings. The van der Waals surface area contributed by atoms with E-state index in [1.807, 2.05) is 13.0 Å². The summed E-state index contributed by atoms with van der Waals surface area (Å²) in [6, 6.07) is 13.7. The Morgan fingerprint density at radius 1 is 1.00 bits per heavy atom. The van der Waals surface area contributed by atoms with Crippen molar-refractivity contribution in [3.05, 3.63) is 64.1 Å². The standard InChI is InChI=1S/C16H15Cl2O2P/c1-2-11-21(20,12-7-4-3-5-8-12)16(19)15-13(17)9-6-10-14(15)18/h3-10H,2,11H2,1H3. The lowest BCUT2D eigenvalue weighted by Crippen LogP contribution is -2.16. The fourth-order valence-corrected chi connectivity index (χ4v) is 5.50. The summed E-state index contributed by atoms with van der Waals surface area (Å²) in [6.07, 6.45) is 0.942. The Bertz CT molecular complexity index is 678. The molecule has 0 aliphatic heterocycles. The number of rotatable bonds is 5. The molecule has 1 unspecified atom stereocenters. The molecule has 0 radical (unpaired) electrons. The molecule has 0 spiro atoms.